The highest BCUT2D eigenvalue weighted by molar-refractivity contribution is 5.75. The quantitative estimate of drug-likeness (QED) is 0.491. The number of amides is 1. The third-order valence-corrected chi connectivity index (χ3v) is 2.13. The molecule has 0 bridgehead atoms. The van der Waals surface area contributed by atoms with E-state index in [1.165, 1.54) is 19.3 Å². The molecule has 1 fully saturated rings. The summed E-state index contributed by atoms with van der Waals surface area (Å²) in [7, 11) is 0. The summed E-state index contributed by atoms with van der Waals surface area (Å²) >= 11 is 0. The van der Waals surface area contributed by atoms with E-state index in [0.717, 1.165) is 12.8 Å². The largest absolute Gasteiger partial charge is 0.368 e. The average molecular weight is 173 g/mol. The van der Waals surface area contributed by atoms with Crippen molar-refractivity contribution in [3.05, 3.63) is 0 Å². The van der Waals surface area contributed by atoms with Gasteiger partial charge in [-0.3, -0.25) is 10.0 Å². The molecule has 0 radical (unpaired) electrons. The fourth-order valence-electron chi connectivity index (χ4n) is 1.46. The van der Waals surface area contributed by atoms with E-state index in [1.807, 2.05) is 0 Å². The molecule has 0 aromatic rings. The molecule has 12 heavy (non-hydrogen) atoms. The Bertz CT molecular complexity index is 143. The number of carbonyl (C=O) groups is 1. The molecular formula is C8H15NO3. The highest BCUT2D eigenvalue weighted by Gasteiger charge is 2.14. The van der Waals surface area contributed by atoms with Crippen LogP contribution in [0.4, 0.5) is 0 Å². The van der Waals surface area contributed by atoms with E-state index in [4.69, 9.17) is 9.94 Å². The van der Waals surface area contributed by atoms with Crippen LogP contribution in [0.3, 0.4) is 0 Å². The number of hydrogen-bond acceptors (Lipinski definition) is 3. The highest BCUT2D eigenvalue weighted by Crippen LogP contribution is 2.19. The molecule has 1 saturated carbocycles. The summed E-state index contributed by atoms with van der Waals surface area (Å²) in [5, 5.41) is 8.18. The zero-order valence-electron chi connectivity index (χ0n) is 7.08. The molecule has 0 spiro atoms. The van der Waals surface area contributed by atoms with Crippen LogP contribution in [0.15, 0.2) is 0 Å². The highest BCUT2D eigenvalue weighted by atomic mass is 16.5. The molecule has 1 aliphatic carbocycles. The molecule has 1 amide bonds. The van der Waals surface area contributed by atoms with Gasteiger partial charge >= 0.3 is 0 Å². The van der Waals surface area contributed by atoms with Gasteiger partial charge in [0.15, 0.2) is 0 Å². The van der Waals surface area contributed by atoms with Crippen LogP contribution in [0, 0.1) is 0 Å². The second-order valence-electron chi connectivity index (χ2n) is 3.11. The van der Waals surface area contributed by atoms with Crippen LogP contribution >= 0.6 is 0 Å². The van der Waals surface area contributed by atoms with Crippen molar-refractivity contribution >= 4 is 5.91 Å². The second-order valence-corrected chi connectivity index (χ2v) is 3.11. The van der Waals surface area contributed by atoms with Crippen molar-refractivity contribution < 1.29 is 14.7 Å². The van der Waals surface area contributed by atoms with Gasteiger partial charge in [-0.1, -0.05) is 19.3 Å². The molecule has 0 aromatic heterocycles. The lowest BCUT2D eigenvalue weighted by Gasteiger charge is -2.21. The Balaban J connectivity index is 2.09. The molecule has 4 heteroatoms. The van der Waals surface area contributed by atoms with Crippen LogP contribution in [-0.2, 0) is 9.53 Å². The maximum atomic E-state index is 10.6. The lowest BCUT2D eigenvalue weighted by atomic mass is 9.98. The number of nitrogens with one attached hydrogen (secondary N) is 1. The van der Waals surface area contributed by atoms with Crippen LogP contribution in [0.1, 0.15) is 32.1 Å². The molecule has 0 aromatic carbocycles. The molecule has 1 rings (SSSR count). The second kappa shape index (κ2) is 5.11. The Morgan fingerprint density at radius 2 is 2.08 bits per heavy atom. The minimum absolute atomic E-state index is 0.0266. The zero-order valence-corrected chi connectivity index (χ0v) is 7.08. The zero-order chi connectivity index (χ0) is 8.81. The predicted molar refractivity (Wildman–Crippen MR) is 42.8 cm³/mol. The monoisotopic (exact) mass is 173 g/mol. The first-order valence-electron chi connectivity index (χ1n) is 4.37. The Kier molecular flexibility index (Phi) is 4.04. The fourth-order valence-corrected chi connectivity index (χ4v) is 1.46. The molecule has 1 aliphatic rings. The van der Waals surface area contributed by atoms with Gasteiger partial charge in [-0.15, -0.1) is 0 Å². The van der Waals surface area contributed by atoms with E-state index in [-0.39, 0.29) is 12.7 Å². The first-order chi connectivity index (χ1) is 5.83. The van der Waals surface area contributed by atoms with Crippen molar-refractivity contribution in [3.8, 4) is 0 Å². The summed E-state index contributed by atoms with van der Waals surface area (Å²) in [5.74, 6) is -0.472. The first kappa shape index (κ1) is 9.48. The molecule has 2 N–H and O–H groups in total. The van der Waals surface area contributed by atoms with Crippen molar-refractivity contribution in [3.63, 3.8) is 0 Å². The lowest BCUT2D eigenvalue weighted by molar-refractivity contribution is -0.136. The summed E-state index contributed by atoms with van der Waals surface area (Å²) in [6, 6.07) is 0. The third kappa shape index (κ3) is 3.19. The van der Waals surface area contributed by atoms with Crippen molar-refractivity contribution in [1.82, 2.24) is 5.48 Å². The van der Waals surface area contributed by atoms with E-state index >= 15 is 0 Å². The molecule has 0 heterocycles. The molecule has 70 valence electrons. The van der Waals surface area contributed by atoms with Crippen LogP contribution in [-0.4, -0.2) is 23.8 Å². The third-order valence-electron chi connectivity index (χ3n) is 2.13. The van der Waals surface area contributed by atoms with E-state index in [9.17, 15) is 4.79 Å². The van der Waals surface area contributed by atoms with Crippen molar-refractivity contribution in [2.45, 2.75) is 38.2 Å². The summed E-state index contributed by atoms with van der Waals surface area (Å²) in [4.78, 5) is 10.6. The Labute approximate surface area is 71.9 Å². The minimum atomic E-state index is -0.472. The summed E-state index contributed by atoms with van der Waals surface area (Å²) < 4.78 is 5.26. The summed E-state index contributed by atoms with van der Waals surface area (Å²) in [6.07, 6.45) is 5.94. The van der Waals surface area contributed by atoms with Crippen molar-refractivity contribution in [1.29, 1.82) is 0 Å². The smallest absolute Gasteiger partial charge is 0.269 e. The Morgan fingerprint density at radius 3 is 2.67 bits per heavy atom. The number of ether oxygens (including phenoxy) is 1. The lowest BCUT2D eigenvalue weighted by Crippen LogP contribution is -2.28. The van der Waals surface area contributed by atoms with E-state index in [1.54, 1.807) is 5.48 Å². The molecule has 0 saturated heterocycles. The van der Waals surface area contributed by atoms with Gasteiger partial charge in [-0.2, -0.15) is 0 Å². The number of rotatable bonds is 3. The minimum Gasteiger partial charge on any atom is -0.368 e. The molecule has 0 atom stereocenters. The van der Waals surface area contributed by atoms with Crippen LogP contribution in [0.2, 0.25) is 0 Å². The average Bonchev–Trinajstić information content (AvgIpc) is 2.16. The van der Waals surface area contributed by atoms with E-state index in [0.29, 0.717) is 0 Å². The number of hydrogen-bond donors (Lipinski definition) is 2. The van der Waals surface area contributed by atoms with Crippen LogP contribution in [0.25, 0.3) is 0 Å². The molecule has 4 nitrogen and oxygen atoms in total. The normalized spacial score (nSPS) is 19.1. The SMILES string of the molecule is O=C(COC1CCCCC1)NO. The molecule has 0 unspecified atom stereocenters. The van der Waals surface area contributed by atoms with Crippen LogP contribution in [0.5, 0.6) is 0 Å². The molecular weight excluding hydrogens is 158 g/mol. The fraction of sp³-hybridized carbons (Fsp3) is 0.875. The first-order valence-corrected chi connectivity index (χ1v) is 4.37. The van der Waals surface area contributed by atoms with Gasteiger partial charge in [-0.05, 0) is 12.8 Å². The van der Waals surface area contributed by atoms with Gasteiger partial charge in [-0.25, -0.2) is 5.48 Å². The Hall–Kier alpha value is -0.610. The Morgan fingerprint density at radius 1 is 1.42 bits per heavy atom. The van der Waals surface area contributed by atoms with Crippen molar-refractivity contribution in [2.24, 2.45) is 0 Å². The predicted octanol–water partition coefficient (Wildman–Crippen LogP) is 0.841. The maximum absolute atomic E-state index is 10.6. The van der Waals surface area contributed by atoms with Gasteiger partial charge in [0.05, 0.1) is 6.10 Å². The van der Waals surface area contributed by atoms with Crippen molar-refractivity contribution in [2.75, 3.05) is 6.61 Å². The summed E-state index contributed by atoms with van der Waals surface area (Å²) in [5.41, 5.74) is 1.54. The van der Waals surface area contributed by atoms with E-state index < -0.39 is 5.91 Å². The maximum Gasteiger partial charge on any atom is 0.269 e. The topological polar surface area (TPSA) is 58.6 Å². The van der Waals surface area contributed by atoms with Gasteiger partial charge in [0, 0.05) is 0 Å². The summed E-state index contributed by atoms with van der Waals surface area (Å²) in [6.45, 7) is -0.0266. The van der Waals surface area contributed by atoms with Gasteiger partial charge in [0.2, 0.25) is 0 Å². The standard InChI is InChI=1S/C8H15NO3/c10-8(9-11)6-12-7-4-2-1-3-5-7/h7,11H,1-6H2,(H,9,10). The van der Waals surface area contributed by atoms with Gasteiger partial charge in [0.1, 0.15) is 6.61 Å². The molecule has 0 aliphatic heterocycles. The van der Waals surface area contributed by atoms with E-state index in [2.05, 4.69) is 0 Å². The van der Waals surface area contributed by atoms with Gasteiger partial charge in [0.25, 0.3) is 5.91 Å². The van der Waals surface area contributed by atoms with Crippen LogP contribution < -0.4 is 5.48 Å². The van der Waals surface area contributed by atoms with Gasteiger partial charge < -0.3 is 4.74 Å². The number of carbonyl (C=O) groups excluding carboxylic acids is 1. The number of hydroxylamine groups is 1.